The molecule has 0 aliphatic carbocycles. The number of hydrazine groups is 1. The molecule has 0 radical (unpaired) electrons. The van der Waals surface area contributed by atoms with Gasteiger partial charge in [0, 0.05) is 38.1 Å². The van der Waals surface area contributed by atoms with Gasteiger partial charge >= 0.3 is 6.18 Å². The molecule has 140 valence electrons. The maximum atomic E-state index is 12.8. The van der Waals surface area contributed by atoms with Crippen LogP contribution in [0, 0.1) is 0 Å². The van der Waals surface area contributed by atoms with Gasteiger partial charge in [-0.1, -0.05) is 6.07 Å². The van der Waals surface area contributed by atoms with Crippen molar-refractivity contribution in [3.8, 4) is 0 Å². The average Bonchev–Trinajstić information content (AvgIpc) is 3.12. The van der Waals surface area contributed by atoms with Gasteiger partial charge in [-0.15, -0.1) is 0 Å². The van der Waals surface area contributed by atoms with E-state index in [4.69, 9.17) is 0 Å². The summed E-state index contributed by atoms with van der Waals surface area (Å²) >= 11 is 0. The van der Waals surface area contributed by atoms with Crippen molar-refractivity contribution in [3.63, 3.8) is 0 Å². The molecule has 0 unspecified atom stereocenters. The van der Waals surface area contributed by atoms with Crippen LogP contribution in [0.2, 0.25) is 0 Å². The molecule has 2 aromatic rings. The standard InChI is InChI=1S/C17H21F3N6/c18-17(19,20)13-4-1-5-14(12-13)24-16-22-9-6-15(25-16)21-7-2-10-26-11-3-8-23-26/h1,4-6,9,12,23H,2-3,7-8,10-11H2,(H2,21,22,24,25). The summed E-state index contributed by atoms with van der Waals surface area (Å²) in [5, 5.41) is 8.21. The Morgan fingerprint density at radius 3 is 2.88 bits per heavy atom. The SMILES string of the molecule is FC(F)(F)c1cccc(Nc2nccc(NCCCN3CCCN3)n2)c1. The van der Waals surface area contributed by atoms with Crippen molar-refractivity contribution >= 4 is 17.5 Å². The summed E-state index contributed by atoms with van der Waals surface area (Å²) in [7, 11) is 0. The summed E-state index contributed by atoms with van der Waals surface area (Å²) in [5.74, 6) is 0.874. The molecule has 0 saturated carbocycles. The third-order valence-corrected chi connectivity index (χ3v) is 3.95. The quantitative estimate of drug-likeness (QED) is 0.654. The highest BCUT2D eigenvalue weighted by Crippen LogP contribution is 2.31. The van der Waals surface area contributed by atoms with E-state index in [-0.39, 0.29) is 11.6 Å². The van der Waals surface area contributed by atoms with Gasteiger partial charge in [-0.2, -0.15) is 18.2 Å². The first-order chi connectivity index (χ1) is 12.5. The minimum absolute atomic E-state index is 0.246. The van der Waals surface area contributed by atoms with E-state index in [9.17, 15) is 13.2 Å². The zero-order valence-electron chi connectivity index (χ0n) is 14.2. The number of benzene rings is 1. The van der Waals surface area contributed by atoms with E-state index < -0.39 is 11.7 Å². The Bertz CT molecular complexity index is 716. The smallest absolute Gasteiger partial charge is 0.370 e. The second kappa shape index (κ2) is 8.33. The molecule has 0 amide bonds. The van der Waals surface area contributed by atoms with E-state index in [1.807, 2.05) is 0 Å². The van der Waals surface area contributed by atoms with E-state index in [1.54, 1.807) is 18.3 Å². The number of hydrogen-bond acceptors (Lipinski definition) is 6. The molecule has 0 bridgehead atoms. The number of nitrogens with zero attached hydrogens (tertiary/aromatic N) is 3. The molecular formula is C17H21F3N6. The minimum atomic E-state index is -4.38. The molecule has 1 fully saturated rings. The largest absolute Gasteiger partial charge is 0.416 e. The number of anilines is 3. The molecule has 1 aliphatic heterocycles. The topological polar surface area (TPSA) is 65.1 Å². The molecule has 1 saturated heterocycles. The highest BCUT2D eigenvalue weighted by atomic mass is 19.4. The van der Waals surface area contributed by atoms with Crippen molar-refractivity contribution in [2.75, 3.05) is 36.8 Å². The monoisotopic (exact) mass is 366 g/mol. The Kier molecular flexibility index (Phi) is 5.89. The molecular weight excluding hydrogens is 345 g/mol. The first-order valence-corrected chi connectivity index (χ1v) is 8.50. The van der Waals surface area contributed by atoms with Gasteiger partial charge in [0.05, 0.1) is 5.56 Å². The highest BCUT2D eigenvalue weighted by Gasteiger charge is 2.30. The van der Waals surface area contributed by atoms with Crippen molar-refractivity contribution < 1.29 is 13.2 Å². The number of rotatable bonds is 7. The van der Waals surface area contributed by atoms with Gasteiger partial charge in [0.25, 0.3) is 0 Å². The second-order valence-corrected chi connectivity index (χ2v) is 6.00. The molecule has 3 rings (SSSR count). The van der Waals surface area contributed by atoms with Gasteiger partial charge in [0.15, 0.2) is 0 Å². The van der Waals surface area contributed by atoms with E-state index >= 15 is 0 Å². The Balaban J connectivity index is 1.53. The molecule has 0 atom stereocenters. The third-order valence-electron chi connectivity index (χ3n) is 3.95. The van der Waals surface area contributed by atoms with Crippen LogP contribution >= 0.6 is 0 Å². The second-order valence-electron chi connectivity index (χ2n) is 6.00. The summed E-state index contributed by atoms with van der Waals surface area (Å²) in [6.07, 6.45) is -0.698. The van der Waals surface area contributed by atoms with Crippen LogP contribution in [0.5, 0.6) is 0 Å². The molecule has 26 heavy (non-hydrogen) atoms. The molecule has 3 N–H and O–H groups in total. The van der Waals surface area contributed by atoms with Crippen LogP contribution < -0.4 is 16.1 Å². The van der Waals surface area contributed by atoms with Crippen LogP contribution in [0.25, 0.3) is 0 Å². The van der Waals surface area contributed by atoms with Gasteiger partial charge in [-0.05, 0) is 37.1 Å². The summed E-state index contributed by atoms with van der Waals surface area (Å²) < 4.78 is 38.3. The van der Waals surface area contributed by atoms with Gasteiger partial charge in [-0.3, -0.25) is 5.43 Å². The van der Waals surface area contributed by atoms with Crippen LogP contribution in [0.3, 0.4) is 0 Å². The maximum absolute atomic E-state index is 12.8. The predicted molar refractivity (Wildman–Crippen MR) is 94.1 cm³/mol. The lowest BCUT2D eigenvalue weighted by atomic mass is 10.2. The number of hydrogen-bond donors (Lipinski definition) is 3. The summed E-state index contributed by atoms with van der Waals surface area (Å²) in [6.45, 7) is 3.80. The predicted octanol–water partition coefficient (Wildman–Crippen LogP) is 3.25. The molecule has 1 aromatic heterocycles. The fourth-order valence-corrected chi connectivity index (χ4v) is 2.68. The van der Waals surface area contributed by atoms with Crippen molar-refractivity contribution in [2.24, 2.45) is 0 Å². The fraction of sp³-hybridized carbons (Fsp3) is 0.412. The molecule has 9 heteroatoms. The van der Waals surface area contributed by atoms with E-state index in [2.05, 4.69) is 31.0 Å². The Morgan fingerprint density at radius 2 is 2.12 bits per heavy atom. The first kappa shape index (κ1) is 18.4. The molecule has 1 aliphatic rings. The van der Waals surface area contributed by atoms with Crippen molar-refractivity contribution in [3.05, 3.63) is 42.1 Å². The van der Waals surface area contributed by atoms with Gasteiger partial charge < -0.3 is 10.6 Å². The molecule has 6 nitrogen and oxygen atoms in total. The Morgan fingerprint density at radius 1 is 1.23 bits per heavy atom. The summed E-state index contributed by atoms with van der Waals surface area (Å²) in [6, 6.07) is 6.68. The number of aromatic nitrogens is 2. The van der Waals surface area contributed by atoms with Crippen LogP contribution in [0.1, 0.15) is 18.4 Å². The lowest BCUT2D eigenvalue weighted by molar-refractivity contribution is -0.137. The van der Waals surface area contributed by atoms with Gasteiger partial charge in [-0.25, -0.2) is 9.99 Å². The molecule has 1 aromatic carbocycles. The number of alkyl halides is 3. The number of halogens is 3. The van der Waals surface area contributed by atoms with E-state index in [0.717, 1.165) is 44.7 Å². The zero-order chi connectivity index (χ0) is 18.4. The van der Waals surface area contributed by atoms with Gasteiger partial charge in [0.1, 0.15) is 5.82 Å². The van der Waals surface area contributed by atoms with Crippen LogP contribution in [0.4, 0.5) is 30.6 Å². The molecule has 2 heterocycles. The van der Waals surface area contributed by atoms with Crippen molar-refractivity contribution in [1.29, 1.82) is 0 Å². The Hall–Kier alpha value is -2.39. The van der Waals surface area contributed by atoms with Crippen LogP contribution in [-0.2, 0) is 6.18 Å². The lowest BCUT2D eigenvalue weighted by Gasteiger charge is -2.15. The lowest BCUT2D eigenvalue weighted by Crippen LogP contribution is -2.32. The fourth-order valence-electron chi connectivity index (χ4n) is 2.68. The van der Waals surface area contributed by atoms with E-state index in [1.165, 1.54) is 12.5 Å². The Labute approximate surface area is 149 Å². The van der Waals surface area contributed by atoms with Crippen LogP contribution in [0.15, 0.2) is 36.5 Å². The van der Waals surface area contributed by atoms with E-state index in [0.29, 0.717) is 5.82 Å². The highest BCUT2D eigenvalue weighted by molar-refractivity contribution is 5.56. The van der Waals surface area contributed by atoms with Gasteiger partial charge in [0.2, 0.25) is 5.95 Å². The number of nitrogens with one attached hydrogen (secondary N) is 3. The van der Waals surface area contributed by atoms with Crippen LogP contribution in [-0.4, -0.2) is 41.2 Å². The third kappa shape index (κ3) is 5.30. The summed E-state index contributed by atoms with van der Waals surface area (Å²) in [5.41, 5.74) is 2.87. The normalized spacial score (nSPS) is 15.2. The summed E-state index contributed by atoms with van der Waals surface area (Å²) in [4.78, 5) is 8.34. The average molecular weight is 366 g/mol. The first-order valence-electron chi connectivity index (χ1n) is 8.50. The minimum Gasteiger partial charge on any atom is -0.370 e. The maximum Gasteiger partial charge on any atom is 0.416 e. The molecule has 0 spiro atoms. The van der Waals surface area contributed by atoms with Crippen molar-refractivity contribution in [2.45, 2.75) is 19.0 Å². The van der Waals surface area contributed by atoms with Crippen molar-refractivity contribution in [1.82, 2.24) is 20.4 Å². The zero-order valence-corrected chi connectivity index (χ0v) is 14.2.